The van der Waals surface area contributed by atoms with Gasteiger partial charge in [-0.2, -0.15) is 0 Å². The van der Waals surface area contributed by atoms with Crippen molar-refractivity contribution in [3.8, 4) is 0 Å². The second kappa shape index (κ2) is 6.06. The van der Waals surface area contributed by atoms with Gasteiger partial charge in [0.1, 0.15) is 0 Å². The number of rotatable bonds is 5. The minimum absolute atomic E-state index is 0.379. The Labute approximate surface area is 106 Å². The van der Waals surface area contributed by atoms with E-state index in [2.05, 4.69) is 45.1 Å². The summed E-state index contributed by atoms with van der Waals surface area (Å²) in [6, 6.07) is 8.13. The van der Waals surface area contributed by atoms with Crippen LogP contribution in [0.15, 0.2) is 24.3 Å². The van der Waals surface area contributed by atoms with E-state index < -0.39 is 0 Å². The zero-order chi connectivity index (χ0) is 12.9. The van der Waals surface area contributed by atoms with Gasteiger partial charge in [0.25, 0.3) is 0 Å². The maximum Gasteiger partial charge on any atom is 0.0316 e. The van der Waals surface area contributed by atoms with Gasteiger partial charge in [0, 0.05) is 5.69 Å². The van der Waals surface area contributed by atoms with Crippen molar-refractivity contribution in [1.29, 1.82) is 0 Å². The van der Waals surface area contributed by atoms with Crippen molar-refractivity contribution in [1.82, 2.24) is 5.32 Å². The molecule has 2 heteroatoms. The van der Waals surface area contributed by atoms with Crippen LogP contribution >= 0.6 is 0 Å². The average molecular weight is 234 g/mol. The molecule has 0 amide bonds. The predicted molar refractivity (Wildman–Crippen MR) is 76.0 cm³/mol. The normalized spacial score (nSPS) is 13.6. The maximum absolute atomic E-state index is 5.75. The summed E-state index contributed by atoms with van der Waals surface area (Å²) in [7, 11) is 0. The topological polar surface area (TPSA) is 38.0 Å². The van der Waals surface area contributed by atoms with E-state index in [1.165, 1.54) is 5.56 Å². The molecule has 17 heavy (non-hydrogen) atoms. The molecule has 1 aromatic rings. The highest BCUT2D eigenvalue weighted by Gasteiger charge is 2.18. The van der Waals surface area contributed by atoms with Crippen LogP contribution in [0.3, 0.4) is 0 Å². The summed E-state index contributed by atoms with van der Waals surface area (Å²) < 4.78 is 0. The van der Waals surface area contributed by atoms with Crippen LogP contribution in [-0.4, -0.2) is 13.1 Å². The highest BCUT2D eigenvalue weighted by atomic mass is 14.9. The van der Waals surface area contributed by atoms with Gasteiger partial charge in [0.05, 0.1) is 0 Å². The number of nitrogens with two attached hydrogens (primary N) is 1. The Morgan fingerprint density at radius 2 is 2.00 bits per heavy atom. The summed E-state index contributed by atoms with van der Waals surface area (Å²) in [6.45, 7) is 11.3. The summed E-state index contributed by atoms with van der Waals surface area (Å²) in [5.74, 6) is 0.684. The highest BCUT2D eigenvalue weighted by Crippen LogP contribution is 2.24. The summed E-state index contributed by atoms with van der Waals surface area (Å²) in [6.07, 6.45) is 1.04. The lowest BCUT2D eigenvalue weighted by molar-refractivity contribution is 0.253. The molecule has 1 aromatic carbocycles. The second-order valence-corrected chi connectivity index (χ2v) is 5.97. The first kappa shape index (κ1) is 14.0. The largest absolute Gasteiger partial charge is 0.399 e. The first-order valence-electron chi connectivity index (χ1n) is 6.44. The molecule has 0 heterocycles. The van der Waals surface area contributed by atoms with E-state index in [4.69, 9.17) is 5.73 Å². The van der Waals surface area contributed by atoms with Gasteiger partial charge in [-0.25, -0.2) is 0 Å². The molecule has 96 valence electrons. The van der Waals surface area contributed by atoms with Crippen molar-refractivity contribution in [2.45, 2.75) is 34.1 Å². The molecule has 0 fully saturated rings. The molecule has 0 saturated heterocycles. The van der Waals surface area contributed by atoms with Crippen LogP contribution in [0.1, 0.15) is 33.3 Å². The van der Waals surface area contributed by atoms with Crippen molar-refractivity contribution < 1.29 is 0 Å². The fourth-order valence-electron chi connectivity index (χ4n) is 1.61. The SMILES string of the molecule is CC(CNCCc1cccc(N)c1)C(C)(C)C. The van der Waals surface area contributed by atoms with Crippen molar-refractivity contribution in [2.75, 3.05) is 18.8 Å². The first-order chi connectivity index (χ1) is 7.89. The smallest absolute Gasteiger partial charge is 0.0316 e. The highest BCUT2D eigenvalue weighted by molar-refractivity contribution is 5.40. The zero-order valence-electron chi connectivity index (χ0n) is 11.6. The fraction of sp³-hybridized carbons (Fsp3) is 0.600. The van der Waals surface area contributed by atoms with Crippen LogP contribution in [0.5, 0.6) is 0 Å². The lowest BCUT2D eigenvalue weighted by Crippen LogP contribution is -2.30. The number of nitrogen functional groups attached to an aromatic ring is 1. The third kappa shape index (κ3) is 5.22. The van der Waals surface area contributed by atoms with Crippen molar-refractivity contribution in [3.63, 3.8) is 0 Å². The molecule has 0 radical (unpaired) electrons. The minimum Gasteiger partial charge on any atom is -0.399 e. The molecule has 0 aliphatic carbocycles. The standard InChI is InChI=1S/C15H26N2/c1-12(15(2,3)4)11-17-9-8-13-6-5-7-14(16)10-13/h5-7,10,12,17H,8-9,11,16H2,1-4H3. The van der Waals surface area contributed by atoms with Gasteiger partial charge in [-0.15, -0.1) is 0 Å². The molecule has 0 aromatic heterocycles. The molecule has 0 bridgehead atoms. The van der Waals surface area contributed by atoms with E-state index in [-0.39, 0.29) is 0 Å². The Bertz CT molecular complexity index is 339. The van der Waals surface area contributed by atoms with Crippen LogP contribution in [0.2, 0.25) is 0 Å². The summed E-state index contributed by atoms with van der Waals surface area (Å²) in [5.41, 5.74) is 8.29. The van der Waals surface area contributed by atoms with Gasteiger partial charge in [-0.3, -0.25) is 0 Å². The zero-order valence-corrected chi connectivity index (χ0v) is 11.6. The third-order valence-electron chi connectivity index (χ3n) is 3.47. The van der Waals surface area contributed by atoms with Crippen LogP contribution in [0.25, 0.3) is 0 Å². The number of hydrogen-bond acceptors (Lipinski definition) is 2. The summed E-state index contributed by atoms with van der Waals surface area (Å²) in [5, 5.41) is 3.52. The lowest BCUT2D eigenvalue weighted by atomic mass is 9.82. The number of hydrogen-bond donors (Lipinski definition) is 2. The molecule has 0 saturated carbocycles. The van der Waals surface area contributed by atoms with Gasteiger partial charge < -0.3 is 11.1 Å². The van der Waals surface area contributed by atoms with Crippen LogP contribution in [0, 0.1) is 11.3 Å². The maximum atomic E-state index is 5.75. The Balaban J connectivity index is 2.25. The van der Waals surface area contributed by atoms with Crippen LogP contribution in [-0.2, 0) is 6.42 Å². The summed E-state index contributed by atoms with van der Waals surface area (Å²) >= 11 is 0. The fourth-order valence-corrected chi connectivity index (χ4v) is 1.61. The third-order valence-corrected chi connectivity index (χ3v) is 3.47. The van der Waals surface area contributed by atoms with E-state index in [1.54, 1.807) is 0 Å². The quantitative estimate of drug-likeness (QED) is 0.607. The van der Waals surface area contributed by atoms with Crippen LogP contribution < -0.4 is 11.1 Å². The van der Waals surface area contributed by atoms with Gasteiger partial charge in [-0.1, -0.05) is 39.8 Å². The molecular weight excluding hydrogens is 208 g/mol. The molecule has 1 rings (SSSR count). The van der Waals surface area contributed by atoms with Gasteiger partial charge in [0.15, 0.2) is 0 Å². The Kier molecular flexibility index (Phi) is 5.01. The molecule has 1 unspecified atom stereocenters. The molecule has 1 atom stereocenters. The van der Waals surface area contributed by atoms with Crippen molar-refractivity contribution in [2.24, 2.45) is 11.3 Å². The first-order valence-corrected chi connectivity index (χ1v) is 6.44. The predicted octanol–water partition coefficient (Wildman–Crippen LogP) is 3.08. The second-order valence-electron chi connectivity index (χ2n) is 5.97. The molecule has 3 N–H and O–H groups in total. The van der Waals surface area contributed by atoms with Crippen LogP contribution in [0.4, 0.5) is 5.69 Å². The Morgan fingerprint density at radius 3 is 2.59 bits per heavy atom. The molecular formula is C15H26N2. The summed E-state index contributed by atoms with van der Waals surface area (Å²) in [4.78, 5) is 0. The van der Waals surface area contributed by atoms with Gasteiger partial charge in [0.2, 0.25) is 0 Å². The number of nitrogens with one attached hydrogen (secondary N) is 1. The van der Waals surface area contributed by atoms with E-state index in [0.717, 1.165) is 25.2 Å². The number of benzene rings is 1. The van der Waals surface area contributed by atoms with E-state index in [1.807, 2.05) is 12.1 Å². The van der Waals surface area contributed by atoms with E-state index in [9.17, 15) is 0 Å². The molecule has 0 aliphatic rings. The Hall–Kier alpha value is -1.02. The lowest BCUT2D eigenvalue weighted by Gasteiger charge is -2.27. The van der Waals surface area contributed by atoms with Crippen molar-refractivity contribution in [3.05, 3.63) is 29.8 Å². The van der Waals surface area contributed by atoms with E-state index >= 15 is 0 Å². The van der Waals surface area contributed by atoms with E-state index in [0.29, 0.717) is 11.3 Å². The van der Waals surface area contributed by atoms with Gasteiger partial charge >= 0.3 is 0 Å². The molecule has 0 aliphatic heterocycles. The minimum atomic E-state index is 0.379. The average Bonchev–Trinajstić information content (AvgIpc) is 2.23. The molecule has 2 nitrogen and oxygen atoms in total. The monoisotopic (exact) mass is 234 g/mol. The van der Waals surface area contributed by atoms with Gasteiger partial charge in [-0.05, 0) is 48.5 Å². The Morgan fingerprint density at radius 1 is 1.29 bits per heavy atom. The van der Waals surface area contributed by atoms with Crippen molar-refractivity contribution >= 4 is 5.69 Å². The molecule has 0 spiro atoms. The number of anilines is 1.